The van der Waals surface area contributed by atoms with Crippen LogP contribution in [0.2, 0.25) is 0 Å². The molecule has 0 unspecified atom stereocenters. The molecule has 2 rings (SSSR count). The Morgan fingerprint density at radius 2 is 1.95 bits per heavy atom. The number of carboxylic acids is 1. The molecule has 110 valence electrons. The summed E-state index contributed by atoms with van der Waals surface area (Å²) in [4.78, 5) is 14.6. The van der Waals surface area contributed by atoms with Gasteiger partial charge >= 0.3 is 12.1 Å². The molecule has 1 heterocycles. The third-order valence-electron chi connectivity index (χ3n) is 2.57. The van der Waals surface area contributed by atoms with Crippen molar-refractivity contribution in [1.82, 2.24) is 4.98 Å². The van der Waals surface area contributed by atoms with Crippen LogP contribution in [0, 0.1) is 0 Å². The number of carbonyl (C=O) groups is 1. The minimum Gasteiger partial charge on any atom is -0.478 e. The Hall–Kier alpha value is -2.09. The maximum Gasteiger partial charge on any atom is 0.416 e. The van der Waals surface area contributed by atoms with Crippen LogP contribution < -0.4 is 5.32 Å². The number of aromatic carboxylic acids is 1. The summed E-state index contributed by atoms with van der Waals surface area (Å²) in [6, 6.07) is 5.86. The van der Waals surface area contributed by atoms with Crippen LogP contribution in [0.15, 0.2) is 41.0 Å². The molecule has 0 saturated heterocycles. The quantitative estimate of drug-likeness (QED) is 0.856. The maximum atomic E-state index is 12.6. The number of halogens is 4. The van der Waals surface area contributed by atoms with Crippen molar-refractivity contribution < 1.29 is 23.1 Å². The van der Waals surface area contributed by atoms with E-state index in [0.29, 0.717) is 10.2 Å². The SMILES string of the molecule is O=C(O)c1ccc(Nc2cc(C(F)(F)F)ccn2)c(Br)c1. The van der Waals surface area contributed by atoms with E-state index in [-0.39, 0.29) is 11.4 Å². The largest absolute Gasteiger partial charge is 0.478 e. The monoisotopic (exact) mass is 360 g/mol. The van der Waals surface area contributed by atoms with Crippen LogP contribution in [-0.4, -0.2) is 16.1 Å². The standard InChI is InChI=1S/C13H8BrF3N2O2/c14-9-5-7(12(20)21)1-2-10(9)19-11-6-8(3-4-18-11)13(15,16)17/h1-6H,(H,18,19)(H,20,21). The van der Waals surface area contributed by atoms with Crippen molar-refractivity contribution in [1.29, 1.82) is 0 Å². The molecule has 2 N–H and O–H groups in total. The van der Waals surface area contributed by atoms with Crippen LogP contribution in [0.5, 0.6) is 0 Å². The predicted molar refractivity (Wildman–Crippen MR) is 73.6 cm³/mol. The summed E-state index contributed by atoms with van der Waals surface area (Å²) in [5.74, 6) is -1.09. The number of carboxylic acid groups (broad SMARTS) is 1. The lowest BCUT2D eigenvalue weighted by atomic mass is 10.2. The smallest absolute Gasteiger partial charge is 0.416 e. The zero-order valence-electron chi connectivity index (χ0n) is 10.3. The van der Waals surface area contributed by atoms with Gasteiger partial charge in [0.2, 0.25) is 0 Å². The van der Waals surface area contributed by atoms with Crippen molar-refractivity contribution in [2.75, 3.05) is 5.32 Å². The number of alkyl halides is 3. The van der Waals surface area contributed by atoms with Crippen molar-refractivity contribution in [2.45, 2.75) is 6.18 Å². The first-order valence-corrected chi connectivity index (χ1v) is 6.40. The molecule has 0 saturated carbocycles. The Bertz CT molecular complexity index is 689. The molecule has 0 bridgehead atoms. The minimum atomic E-state index is -4.45. The molecule has 2 aromatic rings. The average molecular weight is 361 g/mol. The Morgan fingerprint density at radius 3 is 2.52 bits per heavy atom. The van der Waals surface area contributed by atoms with Gasteiger partial charge in [0.1, 0.15) is 5.82 Å². The van der Waals surface area contributed by atoms with Crippen LogP contribution >= 0.6 is 15.9 Å². The molecule has 1 aromatic heterocycles. The molecule has 0 aliphatic rings. The number of hydrogen-bond donors (Lipinski definition) is 2. The van der Waals surface area contributed by atoms with Gasteiger partial charge in [0.25, 0.3) is 0 Å². The molecular formula is C13H8BrF3N2O2. The van der Waals surface area contributed by atoms with Crippen molar-refractivity contribution in [3.63, 3.8) is 0 Å². The normalized spacial score (nSPS) is 11.2. The summed E-state index contributed by atoms with van der Waals surface area (Å²) < 4.78 is 38.2. The molecule has 0 fully saturated rings. The highest BCUT2D eigenvalue weighted by molar-refractivity contribution is 9.10. The van der Waals surface area contributed by atoms with Crippen LogP contribution in [0.4, 0.5) is 24.7 Å². The third-order valence-corrected chi connectivity index (χ3v) is 3.22. The van der Waals surface area contributed by atoms with E-state index in [2.05, 4.69) is 26.2 Å². The molecule has 1 aromatic carbocycles. The molecule has 0 aliphatic carbocycles. The fraction of sp³-hybridized carbons (Fsp3) is 0.0769. The zero-order chi connectivity index (χ0) is 15.6. The van der Waals surface area contributed by atoms with Crippen molar-refractivity contribution in [3.8, 4) is 0 Å². The Labute approximate surface area is 125 Å². The van der Waals surface area contributed by atoms with Gasteiger partial charge in [-0.15, -0.1) is 0 Å². The second-order valence-corrected chi connectivity index (χ2v) is 4.91. The van der Waals surface area contributed by atoms with Gasteiger partial charge in [0.15, 0.2) is 0 Å². The van der Waals surface area contributed by atoms with Crippen LogP contribution in [0.3, 0.4) is 0 Å². The van der Waals surface area contributed by atoms with Crippen LogP contribution in [0.25, 0.3) is 0 Å². The van der Waals surface area contributed by atoms with E-state index in [1.807, 2.05) is 0 Å². The summed E-state index contributed by atoms with van der Waals surface area (Å²) in [5.41, 5.74) is -0.352. The molecule has 0 spiro atoms. The average Bonchev–Trinajstić information content (AvgIpc) is 2.40. The first kappa shape index (κ1) is 15.3. The van der Waals surface area contributed by atoms with Crippen molar-refractivity contribution in [2.24, 2.45) is 0 Å². The summed E-state index contributed by atoms with van der Waals surface area (Å²) in [5, 5.41) is 11.5. The molecule has 8 heteroatoms. The highest BCUT2D eigenvalue weighted by atomic mass is 79.9. The van der Waals surface area contributed by atoms with Crippen molar-refractivity contribution >= 4 is 33.4 Å². The molecule has 21 heavy (non-hydrogen) atoms. The summed E-state index contributed by atoms with van der Waals surface area (Å²) in [6.07, 6.45) is -3.41. The number of nitrogens with zero attached hydrogens (tertiary/aromatic N) is 1. The van der Waals surface area contributed by atoms with E-state index < -0.39 is 17.7 Å². The molecule has 0 radical (unpaired) electrons. The number of benzene rings is 1. The van der Waals surface area contributed by atoms with E-state index in [0.717, 1.165) is 18.3 Å². The van der Waals surface area contributed by atoms with Gasteiger partial charge in [-0.2, -0.15) is 13.2 Å². The Morgan fingerprint density at radius 1 is 1.24 bits per heavy atom. The van der Waals surface area contributed by atoms with Gasteiger partial charge in [-0.25, -0.2) is 9.78 Å². The number of hydrogen-bond acceptors (Lipinski definition) is 3. The highest BCUT2D eigenvalue weighted by Crippen LogP contribution is 2.31. The second-order valence-electron chi connectivity index (χ2n) is 4.05. The van der Waals surface area contributed by atoms with Gasteiger partial charge < -0.3 is 10.4 Å². The number of anilines is 2. The van der Waals surface area contributed by atoms with E-state index in [4.69, 9.17) is 5.11 Å². The topological polar surface area (TPSA) is 62.2 Å². The van der Waals surface area contributed by atoms with E-state index >= 15 is 0 Å². The van der Waals surface area contributed by atoms with E-state index in [1.165, 1.54) is 18.2 Å². The molecular weight excluding hydrogens is 353 g/mol. The first-order chi connectivity index (χ1) is 9.77. The fourth-order valence-corrected chi connectivity index (χ4v) is 2.04. The number of rotatable bonds is 3. The maximum absolute atomic E-state index is 12.6. The Kier molecular flexibility index (Phi) is 4.17. The highest BCUT2D eigenvalue weighted by Gasteiger charge is 2.30. The lowest BCUT2D eigenvalue weighted by Gasteiger charge is -2.11. The van der Waals surface area contributed by atoms with Crippen LogP contribution in [-0.2, 0) is 6.18 Å². The predicted octanol–water partition coefficient (Wildman–Crippen LogP) is 4.30. The number of aromatic nitrogens is 1. The molecule has 0 aliphatic heterocycles. The lowest BCUT2D eigenvalue weighted by Crippen LogP contribution is -2.06. The lowest BCUT2D eigenvalue weighted by molar-refractivity contribution is -0.137. The first-order valence-electron chi connectivity index (χ1n) is 5.60. The zero-order valence-corrected chi connectivity index (χ0v) is 11.9. The van der Waals surface area contributed by atoms with Gasteiger partial charge in [-0.05, 0) is 46.3 Å². The summed E-state index contributed by atoms with van der Waals surface area (Å²) in [6.45, 7) is 0. The minimum absolute atomic E-state index is 0.00796. The van der Waals surface area contributed by atoms with E-state index in [1.54, 1.807) is 0 Å². The van der Waals surface area contributed by atoms with Gasteiger partial charge in [-0.1, -0.05) is 0 Å². The number of nitrogens with one attached hydrogen (secondary N) is 1. The van der Waals surface area contributed by atoms with E-state index in [9.17, 15) is 18.0 Å². The van der Waals surface area contributed by atoms with Crippen molar-refractivity contribution in [3.05, 3.63) is 52.1 Å². The Balaban J connectivity index is 2.28. The summed E-state index contributed by atoms with van der Waals surface area (Å²) in [7, 11) is 0. The fourth-order valence-electron chi connectivity index (χ4n) is 1.56. The summed E-state index contributed by atoms with van der Waals surface area (Å²) >= 11 is 3.16. The number of pyridine rings is 1. The van der Waals surface area contributed by atoms with Gasteiger partial charge in [-0.3, -0.25) is 0 Å². The molecule has 4 nitrogen and oxygen atoms in total. The third kappa shape index (κ3) is 3.72. The van der Waals surface area contributed by atoms with Crippen LogP contribution in [0.1, 0.15) is 15.9 Å². The second kappa shape index (κ2) is 5.72. The molecule has 0 amide bonds. The van der Waals surface area contributed by atoms with Gasteiger partial charge in [0.05, 0.1) is 16.8 Å². The van der Waals surface area contributed by atoms with Gasteiger partial charge in [0, 0.05) is 10.7 Å². The molecule has 0 atom stereocenters.